The molecule has 1 heterocycles. The summed E-state index contributed by atoms with van der Waals surface area (Å²) in [5.41, 5.74) is 2.09. The van der Waals surface area contributed by atoms with Gasteiger partial charge >= 0.3 is 0 Å². The number of unbranched alkanes of at least 4 members (excludes halogenated alkanes) is 2. The second kappa shape index (κ2) is 11.0. The lowest BCUT2D eigenvalue weighted by atomic mass is 10.1. The van der Waals surface area contributed by atoms with Gasteiger partial charge in [0.1, 0.15) is 11.1 Å². The zero-order valence-electron chi connectivity index (χ0n) is 16.7. The Balaban J connectivity index is 1.91. The third-order valence-electron chi connectivity index (χ3n) is 4.44. The molecule has 0 bridgehead atoms. The number of carbonyl (C=O) groups excluding carboxylic acids is 1. The molecule has 0 saturated heterocycles. The van der Waals surface area contributed by atoms with Crippen LogP contribution in [-0.2, 0) is 11.2 Å². The van der Waals surface area contributed by atoms with E-state index in [0.29, 0.717) is 39.1 Å². The third kappa shape index (κ3) is 6.18. The van der Waals surface area contributed by atoms with E-state index in [0.717, 1.165) is 24.8 Å². The molecule has 1 aromatic heterocycles. The molecule has 0 radical (unpaired) electrons. The fraction of sp³-hybridized carbons (Fsp3) is 0.261. The zero-order valence-corrected chi connectivity index (χ0v) is 18.2. The Bertz CT molecular complexity index is 1070. The van der Waals surface area contributed by atoms with Crippen molar-refractivity contribution in [3.63, 3.8) is 0 Å². The van der Waals surface area contributed by atoms with Crippen molar-refractivity contribution in [3.05, 3.63) is 75.6 Å². The number of benzene rings is 2. The van der Waals surface area contributed by atoms with Crippen LogP contribution in [0.3, 0.4) is 0 Å². The van der Waals surface area contributed by atoms with Crippen LogP contribution in [0.2, 0.25) is 10.0 Å². The maximum Gasteiger partial charge on any atom is 0.250 e. The molecule has 5 nitrogen and oxygen atoms in total. The van der Waals surface area contributed by atoms with Gasteiger partial charge in [0.05, 0.1) is 13.0 Å². The maximum atomic E-state index is 12.7. The molecule has 0 spiro atoms. The fourth-order valence-electron chi connectivity index (χ4n) is 2.90. The van der Waals surface area contributed by atoms with Gasteiger partial charge in [0.2, 0.25) is 5.88 Å². The van der Waals surface area contributed by atoms with Gasteiger partial charge in [-0.1, -0.05) is 79.4 Å². The number of aromatic amines is 1. The highest BCUT2D eigenvalue weighted by Gasteiger charge is 2.10. The molecule has 0 aliphatic carbocycles. The van der Waals surface area contributed by atoms with Gasteiger partial charge < -0.3 is 4.74 Å². The maximum absolute atomic E-state index is 12.7. The van der Waals surface area contributed by atoms with Crippen LogP contribution in [-0.4, -0.2) is 22.7 Å². The van der Waals surface area contributed by atoms with Crippen molar-refractivity contribution in [2.75, 3.05) is 6.61 Å². The Morgan fingerprint density at radius 1 is 1.10 bits per heavy atom. The molecule has 0 saturated carbocycles. The molecule has 0 aliphatic heterocycles. The number of hydrogen-bond acceptors (Lipinski definition) is 3. The number of nitrogens with one attached hydrogen (secondary N) is 1. The number of amides is 1. The molecule has 1 amide bonds. The number of H-pyrrole nitrogens is 1. The number of ether oxygens (including phenoxy) is 1. The number of hydrogen-bond donors (Lipinski definition) is 1. The standard InChI is InChI=1S/C23H23Cl2N3O2/c1-2-3-7-12-30-22-15-20(23(28-27-22)16-8-5-4-6-9-16)26-21(29)13-17-10-11-18(24)14-19(17)25/h4-6,8-11,14-15H,2-3,7,12-13H2,1H3,(H,26,27,29). The van der Waals surface area contributed by atoms with Gasteiger partial charge in [-0.05, 0) is 24.1 Å². The van der Waals surface area contributed by atoms with Crippen molar-refractivity contribution in [1.82, 2.24) is 10.2 Å². The average Bonchev–Trinajstić information content (AvgIpc) is 2.74. The summed E-state index contributed by atoms with van der Waals surface area (Å²) >= 11 is 12.1. The van der Waals surface area contributed by atoms with E-state index < -0.39 is 0 Å². The number of aromatic nitrogens is 2. The molecule has 30 heavy (non-hydrogen) atoms. The van der Waals surface area contributed by atoms with Crippen molar-refractivity contribution in [1.29, 1.82) is 0 Å². The summed E-state index contributed by atoms with van der Waals surface area (Å²) in [6.45, 7) is 2.71. The molecule has 3 aromatic rings. The monoisotopic (exact) mass is 443 g/mol. The topological polar surface area (TPSA) is 67.3 Å². The summed E-state index contributed by atoms with van der Waals surface area (Å²) in [5.74, 6) is 0.142. The average molecular weight is 444 g/mol. The Hall–Kier alpha value is -2.63. The molecule has 0 unspecified atom stereocenters. The molecular weight excluding hydrogens is 421 g/mol. The number of nitrogens with zero attached hydrogens (tertiary/aromatic N) is 2. The third-order valence-corrected chi connectivity index (χ3v) is 5.03. The predicted octanol–water partition coefficient (Wildman–Crippen LogP) is 5.62. The van der Waals surface area contributed by atoms with E-state index >= 15 is 0 Å². The summed E-state index contributed by atoms with van der Waals surface area (Å²) in [4.78, 5) is 17.0. The van der Waals surface area contributed by atoms with Crippen LogP contribution >= 0.6 is 23.2 Å². The van der Waals surface area contributed by atoms with Crippen molar-refractivity contribution in [2.24, 2.45) is 4.99 Å². The van der Waals surface area contributed by atoms with Crippen molar-refractivity contribution in [3.8, 4) is 17.1 Å². The van der Waals surface area contributed by atoms with Gasteiger partial charge in [-0.3, -0.25) is 4.79 Å². The smallest absolute Gasteiger partial charge is 0.250 e. The van der Waals surface area contributed by atoms with Crippen LogP contribution in [0.1, 0.15) is 31.7 Å². The largest absolute Gasteiger partial charge is 0.478 e. The summed E-state index contributed by atoms with van der Waals surface area (Å²) in [6, 6.07) is 16.3. The van der Waals surface area contributed by atoms with Crippen LogP contribution < -0.4 is 10.1 Å². The minimum Gasteiger partial charge on any atom is -0.478 e. The van der Waals surface area contributed by atoms with Crippen LogP contribution in [0, 0.1) is 0 Å². The molecule has 3 rings (SSSR count). The lowest BCUT2D eigenvalue weighted by Gasteiger charge is -2.08. The van der Waals surface area contributed by atoms with Crippen LogP contribution in [0.5, 0.6) is 5.88 Å². The fourth-order valence-corrected chi connectivity index (χ4v) is 3.37. The first-order valence-corrected chi connectivity index (χ1v) is 10.6. The van der Waals surface area contributed by atoms with Gasteiger partial charge in [-0.15, -0.1) is 0 Å². The highest BCUT2D eigenvalue weighted by molar-refractivity contribution is 6.35. The Kier molecular flexibility index (Phi) is 8.05. The Labute approximate surface area is 185 Å². The highest BCUT2D eigenvalue weighted by atomic mass is 35.5. The van der Waals surface area contributed by atoms with Gasteiger partial charge in [-0.25, -0.2) is 10.1 Å². The first-order valence-electron chi connectivity index (χ1n) is 9.86. The summed E-state index contributed by atoms with van der Waals surface area (Å²) in [6.07, 6.45) is 3.22. The Morgan fingerprint density at radius 3 is 2.63 bits per heavy atom. The lowest BCUT2D eigenvalue weighted by Crippen LogP contribution is -2.15. The van der Waals surface area contributed by atoms with Crippen molar-refractivity contribution >= 4 is 29.1 Å². The number of carbonyl (C=O) groups is 1. The molecule has 7 heteroatoms. The summed E-state index contributed by atoms with van der Waals surface area (Å²) in [7, 11) is 0. The normalized spacial score (nSPS) is 11.5. The van der Waals surface area contributed by atoms with Crippen molar-refractivity contribution in [2.45, 2.75) is 32.6 Å². The van der Waals surface area contributed by atoms with E-state index in [1.165, 1.54) is 0 Å². The molecule has 2 aromatic carbocycles. The lowest BCUT2D eigenvalue weighted by molar-refractivity contribution is -0.117. The zero-order chi connectivity index (χ0) is 21.3. The molecule has 1 N–H and O–H groups in total. The minimum atomic E-state index is -0.332. The number of rotatable bonds is 8. The van der Waals surface area contributed by atoms with Crippen molar-refractivity contribution < 1.29 is 9.53 Å². The van der Waals surface area contributed by atoms with E-state index in [-0.39, 0.29) is 12.3 Å². The van der Waals surface area contributed by atoms with E-state index in [2.05, 4.69) is 22.1 Å². The first kappa shape index (κ1) is 22.1. The predicted molar refractivity (Wildman–Crippen MR) is 120 cm³/mol. The Morgan fingerprint density at radius 2 is 1.90 bits per heavy atom. The van der Waals surface area contributed by atoms with Crippen LogP contribution in [0.4, 0.5) is 0 Å². The van der Waals surface area contributed by atoms with Crippen LogP contribution in [0.15, 0.2) is 59.6 Å². The van der Waals surface area contributed by atoms with E-state index in [1.807, 2.05) is 30.3 Å². The molecular formula is C23H23Cl2N3O2. The van der Waals surface area contributed by atoms with E-state index in [9.17, 15) is 4.79 Å². The second-order valence-electron chi connectivity index (χ2n) is 6.81. The molecule has 0 aliphatic rings. The molecule has 0 fully saturated rings. The highest BCUT2D eigenvalue weighted by Crippen LogP contribution is 2.21. The minimum absolute atomic E-state index is 0.0650. The van der Waals surface area contributed by atoms with Gasteiger partial charge in [0.15, 0.2) is 0 Å². The first-order chi connectivity index (χ1) is 14.6. The van der Waals surface area contributed by atoms with Gasteiger partial charge in [-0.2, -0.15) is 5.10 Å². The van der Waals surface area contributed by atoms with E-state index in [4.69, 9.17) is 27.9 Å². The summed E-state index contributed by atoms with van der Waals surface area (Å²) < 4.78 is 5.75. The van der Waals surface area contributed by atoms with Gasteiger partial charge in [0.25, 0.3) is 5.91 Å². The van der Waals surface area contributed by atoms with E-state index in [1.54, 1.807) is 24.3 Å². The van der Waals surface area contributed by atoms with Crippen LogP contribution in [0.25, 0.3) is 11.3 Å². The van der Waals surface area contributed by atoms with Gasteiger partial charge in [0, 0.05) is 21.7 Å². The SMILES string of the molecule is CCCCCOc1cc(=NC(=O)Cc2ccc(Cl)cc2Cl)c(-c2ccccc2)n[nH]1. The molecule has 156 valence electrons. The summed E-state index contributed by atoms with van der Waals surface area (Å²) in [5, 5.41) is 8.71. The molecule has 0 atom stereocenters. The second-order valence-corrected chi connectivity index (χ2v) is 7.65. The quantitative estimate of drug-likeness (QED) is 0.459. The number of halogens is 2.